The Hall–Kier alpha value is -1.49. The molecule has 1 aromatic heterocycles. The molecule has 0 radical (unpaired) electrons. The summed E-state index contributed by atoms with van der Waals surface area (Å²) in [5.74, 6) is -0.154. The van der Waals surface area contributed by atoms with E-state index in [-0.39, 0.29) is 11.9 Å². The molecule has 1 aromatic rings. The van der Waals surface area contributed by atoms with Crippen molar-refractivity contribution in [3.63, 3.8) is 0 Å². The molecule has 0 bridgehead atoms. The number of rotatable bonds is 5. The first-order valence-corrected chi connectivity index (χ1v) is 5.02. The van der Waals surface area contributed by atoms with E-state index >= 15 is 0 Å². The Labute approximate surface area is 89.1 Å². The molecule has 82 valence electrons. The van der Waals surface area contributed by atoms with Gasteiger partial charge in [0.15, 0.2) is 0 Å². The minimum atomic E-state index is -0.154. The number of nitrogens with one attached hydrogen (secondary N) is 1. The Morgan fingerprint density at radius 3 is 2.80 bits per heavy atom. The summed E-state index contributed by atoms with van der Waals surface area (Å²) < 4.78 is 0. The lowest BCUT2D eigenvalue weighted by Gasteiger charge is -2.09. The van der Waals surface area contributed by atoms with Gasteiger partial charge >= 0.3 is 0 Å². The van der Waals surface area contributed by atoms with Gasteiger partial charge in [-0.2, -0.15) is 0 Å². The van der Waals surface area contributed by atoms with Crippen LogP contribution in [0.25, 0.3) is 0 Å². The second-order valence-corrected chi connectivity index (χ2v) is 3.34. The molecule has 0 aliphatic carbocycles. The van der Waals surface area contributed by atoms with E-state index in [9.17, 15) is 4.79 Å². The Morgan fingerprint density at radius 2 is 2.20 bits per heavy atom. The number of nitrogens with two attached hydrogens (primary N) is 1. The number of nitrogens with zero attached hydrogens (tertiary/aromatic N) is 2. The van der Waals surface area contributed by atoms with E-state index in [2.05, 4.69) is 15.3 Å². The normalized spacial score (nSPS) is 12.1. The van der Waals surface area contributed by atoms with E-state index in [0.717, 1.165) is 12.8 Å². The Bertz CT molecular complexity index is 302. The van der Waals surface area contributed by atoms with Gasteiger partial charge in [0.05, 0.1) is 5.56 Å². The summed E-state index contributed by atoms with van der Waals surface area (Å²) >= 11 is 0. The summed E-state index contributed by atoms with van der Waals surface area (Å²) in [6.07, 6.45) is 6.08. The smallest absolute Gasteiger partial charge is 0.254 e. The molecule has 1 heterocycles. The van der Waals surface area contributed by atoms with Gasteiger partial charge in [-0.25, -0.2) is 9.97 Å². The van der Waals surface area contributed by atoms with E-state index in [1.54, 1.807) is 0 Å². The van der Waals surface area contributed by atoms with Crippen LogP contribution in [-0.4, -0.2) is 28.5 Å². The first kappa shape index (κ1) is 11.6. The van der Waals surface area contributed by atoms with Crippen LogP contribution >= 0.6 is 0 Å². The number of carbonyl (C=O) groups excluding carboxylic acids is 1. The van der Waals surface area contributed by atoms with Crippen LogP contribution in [0.1, 0.15) is 30.1 Å². The fraction of sp³-hybridized carbons (Fsp3) is 0.500. The molecule has 1 amide bonds. The van der Waals surface area contributed by atoms with E-state index in [4.69, 9.17) is 5.73 Å². The fourth-order valence-electron chi connectivity index (χ4n) is 1.09. The highest BCUT2D eigenvalue weighted by atomic mass is 16.1. The minimum Gasteiger partial charge on any atom is -0.352 e. The van der Waals surface area contributed by atoms with Crippen LogP contribution in [0, 0.1) is 0 Å². The highest BCUT2D eigenvalue weighted by Crippen LogP contribution is 1.94. The number of hydrogen-bond acceptors (Lipinski definition) is 4. The first-order chi connectivity index (χ1) is 7.24. The van der Waals surface area contributed by atoms with Gasteiger partial charge in [0.1, 0.15) is 6.33 Å². The molecule has 5 nitrogen and oxygen atoms in total. The largest absolute Gasteiger partial charge is 0.352 e. The highest BCUT2D eigenvalue weighted by Gasteiger charge is 2.05. The van der Waals surface area contributed by atoms with Crippen molar-refractivity contribution < 1.29 is 4.79 Å². The molecule has 0 aliphatic rings. The lowest BCUT2D eigenvalue weighted by Crippen LogP contribution is -2.30. The topological polar surface area (TPSA) is 80.9 Å². The molecule has 15 heavy (non-hydrogen) atoms. The molecule has 0 saturated heterocycles. The maximum absolute atomic E-state index is 11.5. The Kier molecular flexibility index (Phi) is 4.70. The SMILES string of the molecule is CCC(N)CCNC(=O)c1cncnc1. The molecule has 5 heteroatoms. The monoisotopic (exact) mass is 208 g/mol. The second-order valence-electron chi connectivity index (χ2n) is 3.34. The predicted molar refractivity (Wildman–Crippen MR) is 57.2 cm³/mol. The quantitative estimate of drug-likeness (QED) is 0.730. The van der Waals surface area contributed by atoms with Gasteiger partial charge in [-0.05, 0) is 12.8 Å². The van der Waals surface area contributed by atoms with Crippen molar-refractivity contribution in [3.05, 3.63) is 24.3 Å². The van der Waals surface area contributed by atoms with Crippen molar-refractivity contribution in [1.29, 1.82) is 0 Å². The van der Waals surface area contributed by atoms with Crippen molar-refractivity contribution in [3.8, 4) is 0 Å². The van der Waals surface area contributed by atoms with Crippen LogP contribution in [0.3, 0.4) is 0 Å². The number of carbonyl (C=O) groups is 1. The van der Waals surface area contributed by atoms with Crippen LogP contribution in [0.5, 0.6) is 0 Å². The van der Waals surface area contributed by atoms with Gasteiger partial charge in [-0.1, -0.05) is 6.92 Å². The minimum absolute atomic E-state index is 0.150. The number of aromatic nitrogens is 2. The first-order valence-electron chi connectivity index (χ1n) is 5.02. The van der Waals surface area contributed by atoms with Gasteiger partial charge < -0.3 is 11.1 Å². The molecule has 0 saturated carbocycles. The zero-order valence-corrected chi connectivity index (χ0v) is 8.81. The number of hydrogen-bond donors (Lipinski definition) is 2. The van der Waals surface area contributed by atoms with Crippen molar-refractivity contribution >= 4 is 5.91 Å². The maximum Gasteiger partial charge on any atom is 0.254 e. The number of amides is 1. The van der Waals surface area contributed by atoms with Crippen LogP contribution in [0.15, 0.2) is 18.7 Å². The molecule has 0 aromatic carbocycles. The maximum atomic E-state index is 11.5. The van der Waals surface area contributed by atoms with Crippen LogP contribution in [-0.2, 0) is 0 Å². The summed E-state index contributed by atoms with van der Waals surface area (Å²) in [7, 11) is 0. The van der Waals surface area contributed by atoms with Gasteiger partial charge in [0, 0.05) is 25.0 Å². The molecule has 0 aliphatic heterocycles. The second kappa shape index (κ2) is 6.08. The summed E-state index contributed by atoms with van der Waals surface area (Å²) in [6, 6.07) is 0.150. The molecular formula is C10H16N4O. The molecule has 3 N–H and O–H groups in total. The van der Waals surface area contributed by atoms with Gasteiger partial charge in [0.2, 0.25) is 0 Å². The standard InChI is InChI=1S/C10H16N4O/c1-2-9(11)3-4-14-10(15)8-5-12-7-13-6-8/h5-7,9H,2-4,11H2,1H3,(H,14,15). The average molecular weight is 208 g/mol. The predicted octanol–water partition coefficient (Wildman–Crippen LogP) is 0.334. The van der Waals surface area contributed by atoms with Gasteiger partial charge in [-0.15, -0.1) is 0 Å². The van der Waals surface area contributed by atoms with Crippen molar-refractivity contribution in [2.75, 3.05) is 6.54 Å². The Morgan fingerprint density at radius 1 is 1.53 bits per heavy atom. The fourth-order valence-corrected chi connectivity index (χ4v) is 1.09. The van der Waals surface area contributed by atoms with E-state index in [1.807, 2.05) is 6.92 Å². The molecule has 0 fully saturated rings. The highest BCUT2D eigenvalue weighted by molar-refractivity contribution is 5.93. The van der Waals surface area contributed by atoms with Crippen LogP contribution in [0.2, 0.25) is 0 Å². The lowest BCUT2D eigenvalue weighted by molar-refractivity contribution is 0.0952. The van der Waals surface area contributed by atoms with Crippen LogP contribution < -0.4 is 11.1 Å². The third-order valence-corrected chi connectivity index (χ3v) is 2.15. The molecule has 0 spiro atoms. The van der Waals surface area contributed by atoms with Crippen LogP contribution in [0.4, 0.5) is 0 Å². The van der Waals surface area contributed by atoms with Gasteiger partial charge in [0.25, 0.3) is 5.91 Å². The molecular weight excluding hydrogens is 192 g/mol. The van der Waals surface area contributed by atoms with Crippen molar-refractivity contribution in [2.24, 2.45) is 5.73 Å². The van der Waals surface area contributed by atoms with Gasteiger partial charge in [-0.3, -0.25) is 4.79 Å². The summed E-state index contributed by atoms with van der Waals surface area (Å²) in [5.41, 5.74) is 6.20. The zero-order chi connectivity index (χ0) is 11.1. The van der Waals surface area contributed by atoms with Crippen molar-refractivity contribution in [2.45, 2.75) is 25.8 Å². The third-order valence-electron chi connectivity index (χ3n) is 2.15. The average Bonchev–Trinajstić information content (AvgIpc) is 2.29. The lowest BCUT2D eigenvalue weighted by atomic mass is 10.2. The molecule has 1 rings (SSSR count). The summed E-state index contributed by atoms with van der Waals surface area (Å²) in [5, 5.41) is 2.77. The summed E-state index contributed by atoms with van der Waals surface area (Å²) in [6.45, 7) is 2.61. The Balaban J connectivity index is 2.31. The summed E-state index contributed by atoms with van der Waals surface area (Å²) in [4.78, 5) is 19.0. The molecule has 1 unspecified atom stereocenters. The van der Waals surface area contributed by atoms with Crippen molar-refractivity contribution in [1.82, 2.24) is 15.3 Å². The van der Waals surface area contributed by atoms with E-state index in [0.29, 0.717) is 12.1 Å². The third kappa shape index (κ3) is 4.03. The van der Waals surface area contributed by atoms with E-state index in [1.165, 1.54) is 18.7 Å². The van der Waals surface area contributed by atoms with E-state index < -0.39 is 0 Å². The zero-order valence-electron chi connectivity index (χ0n) is 8.81. The molecule has 1 atom stereocenters.